The molecule has 0 radical (unpaired) electrons. The minimum absolute atomic E-state index is 0.0381. The van der Waals surface area contributed by atoms with Crippen molar-refractivity contribution >= 4 is 57.7 Å². The van der Waals surface area contributed by atoms with Crippen LogP contribution < -0.4 is 10.6 Å². The van der Waals surface area contributed by atoms with Gasteiger partial charge in [0, 0.05) is 11.3 Å². The van der Waals surface area contributed by atoms with Crippen LogP contribution in [0.25, 0.3) is 10.8 Å². The number of anilines is 1. The Labute approximate surface area is 249 Å². The summed E-state index contributed by atoms with van der Waals surface area (Å²) in [7, 11) is 0. The van der Waals surface area contributed by atoms with Crippen LogP contribution in [0.4, 0.5) is 14.9 Å². The molecule has 2 saturated heterocycles. The number of phenols is 1. The largest absolute Gasteiger partial charge is 0.507 e. The van der Waals surface area contributed by atoms with Gasteiger partial charge in [-0.2, -0.15) is 4.90 Å². The predicted molar refractivity (Wildman–Crippen MR) is 153 cm³/mol. The molecule has 6 amide bonds. The number of halogens is 2. The van der Waals surface area contributed by atoms with Crippen LogP contribution in [0.3, 0.4) is 0 Å². The van der Waals surface area contributed by atoms with E-state index in [1.54, 1.807) is 31.2 Å². The number of nitrogens with zero attached hydrogens (tertiary/aromatic N) is 2. The fourth-order valence-electron chi connectivity index (χ4n) is 8.01. The van der Waals surface area contributed by atoms with Gasteiger partial charge in [0.05, 0.1) is 33.9 Å². The van der Waals surface area contributed by atoms with Crippen LogP contribution in [-0.2, 0) is 19.2 Å². The number of fused-ring (bicyclic) bond motifs is 5. The monoisotopic (exact) mass is 601 g/mol. The second kappa shape index (κ2) is 9.21. The average molecular weight is 602 g/mol. The van der Waals surface area contributed by atoms with Crippen molar-refractivity contribution in [2.24, 2.45) is 34.8 Å². The van der Waals surface area contributed by atoms with Crippen LogP contribution in [0, 0.1) is 34.9 Å². The summed E-state index contributed by atoms with van der Waals surface area (Å²) in [6.45, 7) is 1.72. The van der Waals surface area contributed by atoms with Gasteiger partial charge in [0.15, 0.2) is 0 Å². The number of aromatic hydroxyl groups is 1. The molecule has 7 rings (SSSR count). The number of carbonyl (C=O) groups is 5. The molecule has 4 aliphatic rings. The Morgan fingerprint density at radius 3 is 2.42 bits per heavy atom. The number of carbonyl (C=O) groups excluding carboxylic acids is 5. The van der Waals surface area contributed by atoms with Gasteiger partial charge in [-0.1, -0.05) is 53.6 Å². The molecule has 2 aliphatic carbocycles. The molecule has 9 nitrogen and oxygen atoms in total. The van der Waals surface area contributed by atoms with Crippen LogP contribution >= 0.6 is 11.6 Å². The maximum atomic E-state index is 14.5. The number of urea groups is 1. The first-order chi connectivity index (χ1) is 20.5. The lowest BCUT2D eigenvalue weighted by Crippen LogP contribution is -2.49. The Morgan fingerprint density at radius 2 is 1.72 bits per heavy atom. The van der Waals surface area contributed by atoms with Gasteiger partial charge in [-0.25, -0.2) is 14.1 Å². The lowest BCUT2D eigenvalue weighted by molar-refractivity contribution is -0.136. The molecule has 2 heterocycles. The molecule has 3 aromatic carbocycles. The first kappa shape index (κ1) is 27.3. The quantitative estimate of drug-likeness (QED) is 0.324. The highest BCUT2D eigenvalue weighted by Crippen LogP contribution is 2.64. The summed E-state index contributed by atoms with van der Waals surface area (Å²) in [5.74, 6) is -7.19. The van der Waals surface area contributed by atoms with Crippen molar-refractivity contribution in [2.75, 3.05) is 4.90 Å². The number of allylic oxidation sites excluding steroid dienone is 2. The summed E-state index contributed by atoms with van der Waals surface area (Å²) in [5, 5.41) is 11.6. The molecule has 0 bridgehead atoms. The summed E-state index contributed by atoms with van der Waals surface area (Å²) < 4.78 is 14.1. The van der Waals surface area contributed by atoms with Gasteiger partial charge in [0.2, 0.25) is 23.6 Å². The molecule has 0 spiro atoms. The third-order valence-electron chi connectivity index (χ3n) is 9.90. The molecular formula is C32H25ClFN3O6. The number of rotatable bonds is 2. The Bertz CT molecular complexity index is 1860. The van der Waals surface area contributed by atoms with E-state index in [0.717, 1.165) is 11.0 Å². The number of imide groups is 4. The lowest BCUT2D eigenvalue weighted by Gasteiger charge is -2.49. The summed E-state index contributed by atoms with van der Waals surface area (Å²) in [6, 6.07) is 12.9. The minimum Gasteiger partial charge on any atom is -0.507 e. The lowest BCUT2D eigenvalue weighted by atomic mass is 9.51. The van der Waals surface area contributed by atoms with Crippen molar-refractivity contribution in [3.8, 4) is 5.75 Å². The predicted octanol–water partition coefficient (Wildman–Crippen LogP) is 4.65. The smallest absolute Gasteiger partial charge is 0.328 e. The second-order valence-electron chi connectivity index (χ2n) is 11.8. The van der Waals surface area contributed by atoms with E-state index < -0.39 is 70.5 Å². The highest BCUT2D eigenvalue weighted by molar-refractivity contribution is 6.31. The Balaban J connectivity index is 1.46. The van der Waals surface area contributed by atoms with E-state index in [1.165, 1.54) is 18.2 Å². The fraction of sp³-hybridized carbons (Fsp3) is 0.281. The van der Waals surface area contributed by atoms with E-state index in [4.69, 9.17) is 17.3 Å². The fourth-order valence-corrected chi connectivity index (χ4v) is 8.18. The van der Waals surface area contributed by atoms with E-state index >= 15 is 0 Å². The van der Waals surface area contributed by atoms with Crippen LogP contribution in [0.2, 0.25) is 5.02 Å². The third kappa shape index (κ3) is 3.53. The number of phenolic OH excluding ortho intramolecular Hbond substituents is 1. The number of primary amides is 1. The summed E-state index contributed by atoms with van der Waals surface area (Å²) in [4.78, 5) is 69.0. The normalized spacial score (nSPS) is 29.9. The molecule has 1 saturated carbocycles. The standard InChI is InChI=1S/C32H25ClFN3O6/c1-32-21(28(40)36(30(32)42)14-6-10-23(34)22(33)12-14)13-20-18(7-8-19-25(20)29(41)37(27(19)39)31(35)43)26(32)17-9-11-24(38)16-5-3-2-4-15(16)17/h2-7,9-12,19-21,25-26,38H,8,13H2,1H3,(H2,35,43)/t19-,20+,21-,25-,26-,32+/m0/s1. The van der Waals surface area contributed by atoms with Gasteiger partial charge < -0.3 is 10.8 Å². The molecule has 218 valence electrons. The zero-order chi connectivity index (χ0) is 30.5. The number of benzene rings is 3. The Kier molecular flexibility index (Phi) is 5.84. The Hall–Kier alpha value is -4.57. The van der Waals surface area contributed by atoms with Gasteiger partial charge in [-0.3, -0.25) is 19.2 Å². The molecule has 6 atom stereocenters. The Morgan fingerprint density at radius 1 is 1.00 bits per heavy atom. The SMILES string of the molecule is C[C@@]12C(=O)N(c3ccc(F)c(Cl)c3)C(=O)[C@@H]1C[C@@H]1C(=CC[C@@H]3C(=O)N(C(N)=O)C(=O)[C@@H]31)[C@@H]2c1ccc(O)c2ccccc12. The number of hydrogen-bond acceptors (Lipinski definition) is 6. The van der Waals surface area contributed by atoms with Crippen molar-refractivity contribution in [3.63, 3.8) is 0 Å². The minimum atomic E-state index is -1.36. The molecule has 43 heavy (non-hydrogen) atoms. The molecule has 0 aromatic heterocycles. The van der Waals surface area contributed by atoms with Crippen LogP contribution in [0.1, 0.15) is 31.2 Å². The van der Waals surface area contributed by atoms with Crippen molar-refractivity contribution in [3.05, 3.63) is 82.6 Å². The van der Waals surface area contributed by atoms with Gasteiger partial charge in [-0.05, 0) is 60.9 Å². The van der Waals surface area contributed by atoms with Gasteiger partial charge in [-0.15, -0.1) is 0 Å². The molecule has 11 heteroatoms. The van der Waals surface area contributed by atoms with Crippen LogP contribution in [0.15, 0.2) is 66.2 Å². The van der Waals surface area contributed by atoms with Crippen LogP contribution in [0.5, 0.6) is 5.75 Å². The number of hydrogen-bond donors (Lipinski definition) is 2. The van der Waals surface area contributed by atoms with Crippen molar-refractivity contribution < 1.29 is 33.5 Å². The van der Waals surface area contributed by atoms with Gasteiger partial charge >= 0.3 is 6.03 Å². The van der Waals surface area contributed by atoms with Crippen LogP contribution in [-0.4, -0.2) is 39.7 Å². The summed E-state index contributed by atoms with van der Waals surface area (Å²) in [6.07, 6.45) is 2.07. The van der Waals surface area contributed by atoms with E-state index in [0.29, 0.717) is 26.8 Å². The first-order valence-corrected chi connectivity index (χ1v) is 14.3. The van der Waals surface area contributed by atoms with E-state index in [1.807, 2.05) is 12.1 Å². The number of nitrogens with two attached hydrogens (primary N) is 1. The number of amides is 6. The zero-order valence-corrected chi connectivity index (χ0v) is 23.5. The average Bonchev–Trinajstić information content (AvgIpc) is 3.35. The van der Waals surface area contributed by atoms with Crippen molar-refractivity contribution in [2.45, 2.75) is 25.7 Å². The highest BCUT2D eigenvalue weighted by Gasteiger charge is 2.68. The van der Waals surface area contributed by atoms with Crippen molar-refractivity contribution in [1.82, 2.24) is 4.90 Å². The third-order valence-corrected chi connectivity index (χ3v) is 10.2. The van der Waals surface area contributed by atoms with Crippen molar-refractivity contribution in [1.29, 1.82) is 0 Å². The highest BCUT2D eigenvalue weighted by atomic mass is 35.5. The van der Waals surface area contributed by atoms with E-state index in [2.05, 4.69) is 0 Å². The zero-order valence-electron chi connectivity index (χ0n) is 22.8. The molecule has 2 aliphatic heterocycles. The number of likely N-dealkylation sites (tertiary alicyclic amines) is 1. The molecule has 3 aromatic rings. The van der Waals surface area contributed by atoms with Gasteiger partial charge in [0.25, 0.3) is 0 Å². The van der Waals surface area contributed by atoms with E-state index in [9.17, 15) is 33.5 Å². The topological polar surface area (TPSA) is 138 Å². The maximum Gasteiger partial charge on any atom is 0.328 e. The van der Waals surface area contributed by atoms with Gasteiger partial charge in [0.1, 0.15) is 11.6 Å². The molecular weight excluding hydrogens is 577 g/mol. The van der Waals surface area contributed by atoms with E-state index in [-0.39, 0.29) is 29.3 Å². The first-order valence-electron chi connectivity index (χ1n) is 13.9. The molecule has 0 unspecified atom stereocenters. The second-order valence-corrected chi connectivity index (χ2v) is 12.2. The summed E-state index contributed by atoms with van der Waals surface area (Å²) >= 11 is 6.04. The molecule has 3 fully saturated rings. The summed E-state index contributed by atoms with van der Waals surface area (Å²) in [5.41, 5.74) is 5.55. The maximum absolute atomic E-state index is 14.5. The molecule has 3 N–H and O–H groups in total.